The average molecular weight is 418 g/mol. The summed E-state index contributed by atoms with van der Waals surface area (Å²) in [5.41, 5.74) is 0.929. The number of rotatable bonds is 2. The van der Waals surface area contributed by atoms with Gasteiger partial charge in [0.15, 0.2) is 0 Å². The van der Waals surface area contributed by atoms with Gasteiger partial charge in [-0.25, -0.2) is 0 Å². The molecule has 0 aliphatic carbocycles. The molecule has 22 heavy (non-hydrogen) atoms. The number of benzene rings is 2. The fourth-order valence-electron chi connectivity index (χ4n) is 1.96. The molecule has 8 heteroatoms. The highest BCUT2D eigenvalue weighted by atomic mass is 79.9. The van der Waals surface area contributed by atoms with Gasteiger partial charge in [-0.15, -0.1) is 4.40 Å². The number of thiazole rings is 1. The summed E-state index contributed by atoms with van der Waals surface area (Å²) in [5.74, 6) is 0. The molecule has 0 saturated carbocycles. The standard InChI is InChI=1S/C14H10BrClN2O2S2/c1-18-12-7-2-9(15)8-13(12)21-14(18)17-22(19,20)11-5-3-10(16)4-6-11/h2-8H,1H3/b17-14-. The number of aryl methyl sites for hydroxylation is 1. The van der Waals surface area contributed by atoms with Crippen LogP contribution in [0.2, 0.25) is 5.02 Å². The van der Waals surface area contributed by atoms with Crippen molar-refractivity contribution in [2.24, 2.45) is 11.4 Å². The highest BCUT2D eigenvalue weighted by Crippen LogP contribution is 2.22. The van der Waals surface area contributed by atoms with Crippen LogP contribution in [0.15, 0.2) is 56.2 Å². The third-order valence-corrected chi connectivity index (χ3v) is 6.32. The Kier molecular flexibility index (Phi) is 4.15. The van der Waals surface area contributed by atoms with E-state index in [4.69, 9.17) is 11.6 Å². The number of fused-ring (bicyclic) bond motifs is 1. The molecule has 2 aromatic carbocycles. The molecule has 0 atom stereocenters. The molecule has 0 saturated heterocycles. The smallest absolute Gasteiger partial charge is 0.285 e. The minimum atomic E-state index is -3.77. The Labute approximate surface area is 144 Å². The highest BCUT2D eigenvalue weighted by molar-refractivity contribution is 9.10. The van der Waals surface area contributed by atoms with E-state index in [1.165, 1.54) is 35.6 Å². The largest absolute Gasteiger partial charge is 0.319 e. The van der Waals surface area contributed by atoms with Crippen molar-refractivity contribution in [3.63, 3.8) is 0 Å². The van der Waals surface area contributed by atoms with E-state index in [1.807, 2.05) is 18.2 Å². The summed E-state index contributed by atoms with van der Waals surface area (Å²) in [6.45, 7) is 0. The molecular weight excluding hydrogens is 408 g/mol. The molecule has 0 aliphatic heterocycles. The first-order valence-electron chi connectivity index (χ1n) is 6.18. The van der Waals surface area contributed by atoms with Gasteiger partial charge in [-0.2, -0.15) is 8.42 Å². The van der Waals surface area contributed by atoms with E-state index in [0.717, 1.165) is 14.7 Å². The third kappa shape index (κ3) is 2.99. The first-order chi connectivity index (χ1) is 10.4. The molecule has 0 amide bonds. The van der Waals surface area contributed by atoms with Crippen LogP contribution in [-0.4, -0.2) is 13.0 Å². The Morgan fingerprint density at radius 3 is 2.55 bits per heavy atom. The molecule has 1 heterocycles. The molecule has 4 nitrogen and oxygen atoms in total. The van der Waals surface area contributed by atoms with Crippen molar-refractivity contribution in [2.75, 3.05) is 0 Å². The topological polar surface area (TPSA) is 51.4 Å². The maximum Gasteiger partial charge on any atom is 0.285 e. The Morgan fingerprint density at radius 1 is 1.18 bits per heavy atom. The molecular formula is C14H10BrClN2O2S2. The minimum absolute atomic E-state index is 0.121. The zero-order valence-electron chi connectivity index (χ0n) is 11.3. The van der Waals surface area contributed by atoms with Crippen molar-refractivity contribution in [1.29, 1.82) is 0 Å². The van der Waals surface area contributed by atoms with Crippen LogP contribution in [0.1, 0.15) is 0 Å². The Bertz CT molecular complexity index is 1020. The van der Waals surface area contributed by atoms with Gasteiger partial charge in [0.1, 0.15) is 0 Å². The van der Waals surface area contributed by atoms with Crippen LogP contribution in [0.25, 0.3) is 10.2 Å². The van der Waals surface area contributed by atoms with E-state index in [-0.39, 0.29) is 4.90 Å². The number of nitrogens with zero attached hydrogens (tertiary/aromatic N) is 2. The zero-order chi connectivity index (χ0) is 15.9. The van der Waals surface area contributed by atoms with E-state index in [0.29, 0.717) is 9.82 Å². The molecule has 3 aromatic rings. The summed E-state index contributed by atoms with van der Waals surface area (Å²) in [6.07, 6.45) is 0. The summed E-state index contributed by atoms with van der Waals surface area (Å²) >= 11 is 10.5. The third-order valence-electron chi connectivity index (χ3n) is 3.08. The van der Waals surface area contributed by atoms with Crippen molar-refractivity contribution in [3.8, 4) is 0 Å². The molecule has 0 bridgehead atoms. The van der Waals surface area contributed by atoms with E-state index < -0.39 is 10.0 Å². The molecule has 0 fully saturated rings. The van der Waals surface area contributed by atoms with E-state index in [2.05, 4.69) is 20.3 Å². The summed E-state index contributed by atoms with van der Waals surface area (Å²) in [5, 5.41) is 0.483. The Balaban J connectivity index is 2.19. The van der Waals surface area contributed by atoms with Crippen molar-refractivity contribution in [3.05, 3.63) is 56.8 Å². The first kappa shape index (κ1) is 15.7. The first-order valence-corrected chi connectivity index (χ1v) is 9.61. The number of sulfonamides is 1. The summed E-state index contributed by atoms with van der Waals surface area (Å²) < 4.78 is 32.4. The van der Waals surface area contributed by atoms with Crippen LogP contribution in [-0.2, 0) is 17.1 Å². The quantitative estimate of drug-likeness (QED) is 0.634. The number of hydrogen-bond donors (Lipinski definition) is 0. The van der Waals surface area contributed by atoms with Crippen LogP contribution in [0, 0.1) is 0 Å². The lowest BCUT2D eigenvalue weighted by molar-refractivity contribution is 0.596. The van der Waals surface area contributed by atoms with Crippen LogP contribution in [0.4, 0.5) is 0 Å². The van der Waals surface area contributed by atoms with Crippen molar-refractivity contribution < 1.29 is 8.42 Å². The molecule has 1 aromatic heterocycles. The molecule has 0 radical (unpaired) electrons. The van der Waals surface area contributed by atoms with Gasteiger partial charge >= 0.3 is 0 Å². The molecule has 114 valence electrons. The van der Waals surface area contributed by atoms with Crippen LogP contribution in [0.3, 0.4) is 0 Å². The number of hydrogen-bond acceptors (Lipinski definition) is 3. The minimum Gasteiger partial charge on any atom is -0.319 e. The van der Waals surface area contributed by atoms with Crippen LogP contribution in [0.5, 0.6) is 0 Å². The van der Waals surface area contributed by atoms with Gasteiger partial charge in [-0.3, -0.25) is 0 Å². The lowest BCUT2D eigenvalue weighted by Crippen LogP contribution is -2.13. The maximum atomic E-state index is 12.4. The van der Waals surface area contributed by atoms with Gasteiger partial charge in [0.2, 0.25) is 4.80 Å². The monoisotopic (exact) mass is 416 g/mol. The van der Waals surface area contributed by atoms with Crippen LogP contribution >= 0.6 is 38.9 Å². The van der Waals surface area contributed by atoms with Crippen LogP contribution < -0.4 is 4.80 Å². The highest BCUT2D eigenvalue weighted by Gasteiger charge is 2.13. The Morgan fingerprint density at radius 2 is 1.86 bits per heavy atom. The fraction of sp³-hybridized carbons (Fsp3) is 0.0714. The van der Waals surface area contributed by atoms with Gasteiger partial charge in [-0.1, -0.05) is 38.9 Å². The lowest BCUT2D eigenvalue weighted by atomic mass is 10.3. The molecule has 0 unspecified atom stereocenters. The van der Waals surface area contributed by atoms with Gasteiger partial charge in [0.05, 0.1) is 15.1 Å². The van der Waals surface area contributed by atoms with E-state index >= 15 is 0 Å². The second-order valence-corrected chi connectivity index (χ2v) is 8.54. The molecule has 0 N–H and O–H groups in total. The van der Waals surface area contributed by atoms with Crippen molar-refractivity contribution in [2.45, 2.75) is 4.90 Å². The summed E-state index contributed by atoms with van der Waals surface area (Å²) in [6, 6.07) is 11.7. The SMILES string of the molecule is Cn1/c(=N/S(=O)(=O)c2ccc(Cl)cc2)sc2cc(Br)ccc21. The van der Waals surface area contributed by atoms with Gasteiger partial charge < -0.3 is 4.57 Å². The fourth-order valence-corrected chi connectivity index (χ4v) is 4.88. The van der Waals surface area contributed by atoms with Crippen molar-refractivity contribution in [1.82, 2.24) is 4.57 Å². The lowest BCUT2D eigenvalue weighted by Gasteiger charge is -1.99. The van der Waals surface area contributed by atoms with Gasteiger partial charge in [0, 0.05) is 16.5 Å². The maximum absolute atomic E-state index is 12.4. The van der Waals surface area contributed by atoms with Gasteiger partial charge in [-0.05, 0) is 42.5 Å². The average Bonchev–Trinajstić information content (AvgIpc) is 2.74. The van der Waals surface area contributed by atoms with Crippen molar-refractivity contribution >= 4 is 59.1 Å². The van der Waals surface area contributed by atoms with E-state index in [9.17, 15) is 8.42 Å². The second kappa shape index (κ2) is 5.81. The number of halogens is 2. The normalized spacial score (nSPS) is 13.0. The van der Waals surface area contributed by atoms with Gasteiger partial charge in [0.25, 0.3) is 10.0 Å². The number of aromatic nitrogens is 1. The molecule has 0 spiro atoms. The summed E-state index contributed by atoms with van der Waals surface area (Å²) in [7, 11) is -1.97. The molecule has 3 rings (SSSR count). The zero-order valence-corrected chi connectivity index (χ0v) is 15.3. The predicted octanol–water partition coefficient (Wildman–Crippen LogP) is 3.95. The molecule has 0 aliphatic rings. The summed E-state index contributed by atoms with van der Waals surface area (Å²) in [4.78, 5) is 0.540. The van der Waals surface area contributed by atoms with E-state index in [1.54, 1.807) is 11.6 Å². The predicted molar refractivity (Wildman–Crippen MR) is 92.7 cm³/mol. The second-order valence-electron chi connectivity index (χ2n) is 4.58. The Hall–Kier alpha value is -1.15.